The number of hydrogen-bond acceptors (Lipinski definition) is 2. The second kappa shape index (κ2) is 3.19. The van der Waals surface area contributed by atoms with E-state index in [1.54, 1.807) is 12.3 Å². The lowest BCUT2D eigenvalue weighted by Gasteiger charge is -2.11. The Bertz CT molecular complexity index is 253. The summed E-state index contributed by atoms with van der Waals surface area (Å²) in [6.45, 7) is 3.67. The van der Waals surface area contributed by atoms with Crippen molar-refractivity contribution in [3.05, 3.63) is 30.6 Å². The van der Waals surface area contributed by atoms with E-state index >= 15 is 0 Å². The maximum atomic E-state index is 4.06. The van der Waals surface area contributed by atoms with E-state index in [2.05, 4.69) is 11.6 Å². The number of anilines is 1. The molecule has 0 aliphatic heterocycles. The van der Waals surface area contributed by atoms with E-state index in [1.165, 1.54) is 0 Å². The molecule has 1 rings (SSSR count). The van der Waals surface area contributed by atoms with Crippen molar-refractivity contribution in [1.29, 1.82) is 0 Å². The van der Waals surface area contributed by atoms with E-state index in [9.17, 15) is 0 Å². The topological polar surface area (TPSA) is 16.1 Å². The molecule has 0 fully saturated rings. The molecule has 58 valence electrons. The van der Waals surface area contributed by atoms with Crippen LogP contribution in [0.3, 0.4) is 0 Å². The summed E-state index contributed by atoms with van der Waals surface area (Å²) in [5, 5.41) is 0. The van der Waals surface area contributed by atoms with Gasteiger partial charge in [0.1, 0.15) is 0 Å². The lowest BCUT2D eigenvalue weighted by molar-refractivity contribution is 1.11. The van der Waals surface area contributed by atoms with E-state index in [1.807, 2.05) is 31.3 Å². The van der Waals surface area contributed by atoms with Crippen LogP contribution >= 0.6 is 0 Å². The Labute approximate surface area is 67.2 Å². The van der Waals surface area contributed by atoms with Gasteiger partial charge in [-0.2, -0.15) is 0 Å². The van der Waals surface area contributed by atoms with Gasteiger partial charge >= 0.3 is 0 Å². The Morgan fingerprint density at radius 1 is 1.45 bits per heavy atom. The van der Waals surface area contributed by atoms with Crippen LogP contribution in [0.4, 0.5) is 5.69 Å². The minimum absolute atomic E-state index is 1.05. The fourth-order valence-electron chi connectivity index (χ4n) is 0.801. The monoisotopic (exact) mass is 148 g/mol. The highest BCUT2D eigenvalue weighted by Gasteiger charge is 1.94. The third-order valence-corrected chi connectivity index (χ3v) is 1.50. The number of aromatic nitrogens is 1. The van der Waals surface area contributed by atoms with Crippen LogP contribution in [0.15, 0.2) is 25.0 Å². The summed E-state index contributed by atoms with van der Waals surface area (Å²) < 4.78 is 0. The molecule has 0 spiro atoms. The second-order valence-corrected chi connectivity index (χ2v) is 2.58. The summed E-state index contributed by atoms with van der Waals surface area (Å²) in [5.41, 5.74) is 2.15. The standard InChI is InChI=1S/C9H12N2/c1-4-8-5-9(11(2)3)7-10-6-8/h4-7H,1H2,2-3H3. The van der Waals surface area contributed by atoms with Crippen molar-refractivity contribution >= 4 is 11.8 Å². The average molecular weight is 148 g/mol. The van der Waals surface area contributed by atoms with Gasteiger partial charge in [0.15, 0.2) is 0 Å². The number of hydrogen-bond donors (Lipinski definition) is 0. The molecule has 0 aliphatic rings. The molecule has 0 aliphatic carbocycles. The van der Waals surface area contributed by atoms with Crippen LogP contribution in [0.2, 0.25) is 0 Å². The Kier molecular flexibility index (Phi) is 2.26. The van der Waals surface area contributed by atoms with Gasteiger partial charge in [-0.3, -0.25) is 4.98 Å². The van der Waals surface area contributed by atoms with Gasteiger partial charge in [-0.15, -0.1) is 0 Å². The van der Waals surface area contributed by atoms with Crippen LogP contribution in [0.1, 0.15) is 5.56 Å². The molecule has 11 heavy (non-hydrogen) atoms. The van der Waals surface area contributed by atoms with E-state index in [4.69, 9.17) is 0 Å². The smallest absolute Gasteiger partial charge is 0.0553 e. The number of nitrogens with zero attached hydrogens (tertiary/aromatic N) is 2. The molecule has 2 nitrogen and oxygen atoms in total. The van der Waals surface area contributed by atoms with Gasteiger partial charge in [0.2, 0.25) is 0 Å². The molecular weight excluding hydrogens is 136 g/mol. The maximum Gasteiger partial charge on any atom is 0.0553 e. The van der Waals surface area contributed by atoms with E-state index in [-0.39, 0.29) is 0 Å². The first-order valence-electron chi connectivity index (χ1n) is 3.49. The van der Waals surface area contributed by atoms with E-state index < -0.39 is 0 Å². The zero-order chi connectivity index (χ0) is 8.27. The largest absolute Gasteiger partial charge is 0.376 e. The van der Waals surface area contributed by atoms with Crippen molar-refractivity contribution in [2.45, 2.75) is 0 Å². The summed E-state index contributed by atoms with van der Waals surface area (Å²) in [5.74, 6) is 0. The molecular formula is C9H12N2. The maximum absolute atomic E-state index is 4.06. The van der Waals surface area contributed by atoms with E-state index in [0.717, 1.165) is 11.3 Å². The van der Waals surface area contributed by atoms with Gasteiger partial charge in [0, 0.05) is 20.3 Å². The van der Waals surface area contributed by atoms with Gasteiger partial charge in [-0.1, -0.05) is 12.7 Å². The summed E-state index contributed by atoms with van der Waals surface area (Å²) >= 11 is 0. The Hall–Kier alpha value is -1.31. The highest BCUT2D eigenvalue weighted by molar-refractivity contribution is 5.54. The Morgan fingerprint density at radius 3 is 2.73 bits per heavy atom. The van der Waals surface area contributed by atoms with Crippen molar-refractivity contribution in [3.63, 3.8) is 0 Å². The summed E-state index contributed by atoms with van der Waals surface area (Å²) in [7, 11) is 3.98. The second-order valence-electron chi connectivity index (χ2n) is 2.58. The van der Waals surface area contributed by atoms with Crippen LogP contribution in [-0.4, -0.2) is 19.1 Å². The minimum atomic E-state index is 1.05. The zero-order valence-electron chi connectivity index (χ0n) is 6.91. The van der Waals surface area contributed by atoms with Crippen LogP contribution in [-0.2, 0) is 0 Å². The molecule has 1 heterocycles. The van der Waals surface area contributed by atoms with Crippen molar-refractivity contribution < 1.29 is 0 Å². The third kappa shape index (κ3) is 1.80. The Morgan fingerprint density at radius 2 is 2.18 bits per heavy atom. The minimum Gasteiger partial charge on any atom is -0.376 e. The first-order chi connectivity index (χ1) is 5.24. The molecule has 0 amide bonds. The molecule has 0 N–H and O–H groups in total. The molecule has 0 aromatic carbocycles. The highest BCUT2D eigenvalue weighted by atomic mass is 15.1. The quantitative estimate of drug-likeness (QED) is 0.635. The van der Waals surface area contributed by atoms with Gasteiger partial charge < -0.3 is 4.90 Å². The molecule has 0 radical (unpaired) electrons. The SMILES string of the molecule is C=Cc1cncc(N(C)C)c1. The normalized spacial score (nSPS) is 9.27. The zero-order valence-corrected chi connectivity index (χ0v) is 6.91. The third-order valence-electron chi connectivity index (χ3n) is 1.50. The van der Waals surface area contributed by atoms with Crippen molar-refractivity contribution in [2.75, 3.05) is 19.0 Å². The average Bonchev–Trinajstić information content (AvgIpc) is 2.05. The summed E-state index contributed by atoms with van der Waals surface area (Å²) in [6, 6.07) is 2.04. The van der Waals surface area contributed by atoms with Crippen LogP contribution in [0, 0.1) is 0 Å². The molecule has 0 unspecified atom stereocenters. The molecule has 0 saturated carbocycles. The molecule has 0 atom stereocenters. The Balaban J connectivity index is 3.00. The van der Waals surface area contributed by atoms with Gasteiger partial charge in [-0.05, 0) is 11.6 Å². The highest BCUT2D eigenvalue weighted by Crippen LogP contribution is 2.11. The molecule has 0 bridgehead atoms. The van der Waals surface area contributed by atoms with Gasteiger partial charge in [0.25, 0.3) is 0 Å². The van der Waals surface area contributed by atoms with E-state index in [0.29, 0.717) is 0 Å². The molecule has 1 aromatic rings. The summed E-state index contributed by atoms with van der Waals surface area (Å²) in [6.07, 6.45) is 5.41. The first-order valence-corrected chi connectivity index (χ1v) is 3.49. The van der Waals surface area contributed by atoms with Gasteiger partial charge in [0.05, 0.1) is 11.9 Å². The molecule has 1 aromatic heterocycles. The van der Waals surface area contributed by atoms with Crippen LogP contribution in [0.5, 0.6) is 0 Å². The fraction of sp³-hybridized carbons (Fsp3) is 0.222. The van der Waals surface area contributed by atoms with Crippen LogP contribution in [0.25, 0.3) is 6.08 Å². The van der Waals surface area contributed by atoms with Crippen molar-refractivity contribution in [2.24, 2.45) is 0 Å². The lowest BCUT2D eigenvalue weighted by atomic mass is 10.2. The fourth-order valence-corrected chi connectivity index (χ4v) is 0.801. The number of pyridine rings is 1. The molecule has 2 heteroatoms. The predicted molar refractivity (Wildman–Crippen MR) is 48.7 cm³/mol. The van der Waals surface area contributed by atoms with Gasteiger partial charge in [-0.25, -0.2) is 0 Å². The van der Waals surface area contributed by atoms with Crippen molar-refractivity contribution in [3.8, 4) is 0 Å². The van der Waals surface area contributed by atoms with Crippen molar-refractivity contribution in [1.82, 2.24) is 4.98 Å². The predicted octanol–water partition coefficient (Wildman–Crippen LogP) is 1.79. The summed E-state index contributed by atoms with van der Waals surface area (Å²) in [4.78, 5) is 6.08. The lowest BCUT2D eigenvalue weighted by Crippen LogP contribution is -2.08. The molecule has 0 saturated heterocycles. The number of rotatable bonds is 2. The van der Waals surface area contributed by atoms with Crippen LogP contribution < -0.4 is 4.90 Å². The first kappa shape index (κ1) is 7.79.